The van der Waals surface area contributed by atoms with Gasteiger partial charge in [-0.05, 0) is 18.2 Å². The molecule has 1 aromatic heterocycles. The number of rotatable bonds is 1. The van der Waals surface area contributed by atoms with Crippen molar-refractivity contribution in [2.24, 2.45) is 5.41 Å². The first-order valence-electron chi connectivity index (χ1n) is 5.36. The van der Waals surface area contributed by atoms with Crippen LogP contribution in [0.3, 0.4) is 0 Å². The van der Waals surface area contributed by atoms with Crippen molar-refractivity contribution >= 4 is 22.5 Å². The molecule has 0 aliphatic rings. The van der Waals surface area contributed by atoms with Crippen molar-refractivity contribution < 1.29 is 4.79 Å². The predicted octanol–water partition coefficient (Wildman–Crippen LogP) is 3.15. The second-order valence-electron chi connectivity index (χ2n) is 4.95. The third-order valence-corrected chi connectivity index (χ3v) is 2.52. The molecule has 0 fully saturated rings. The highest BCUT2D eigenvalue weighted by Crippen LogP contribution is 2.24. The van der Waals surface area contributed by atoms with Crippen molar-refractivity contribution in [3.63, 3.8) is 0 Å². The highest BCUT2D eigenvalue weighted by Gasteiger charge is 2.21. The first kappa shape index (κ1) is 10.7. The first-order valence-corrected chi connectivity index (χ1v) is 5.36. The SMILES string of the molecule is CC(C)(C)C(=O)Nc1cccc2[nH]ccc12. The summed E-state index contributed by atoms with van der Waals surface area (Å²) in [5, 5.41) is 3.99. The van der Waals surface area contributed by atoms with Gasteiger partial charge in [0.1, 0.15) is 0 Å². The van der Waals surface area contributed by atoms with Crippen LogP contribution >= 0.6 is 0 Å². The maximum absolute atomic E-state index is 11.9. The van der Waals surface area contributed by atoms with Gasteiger partial charge in [0.25, 0.3) is 0 Å². The van der Waals surface area contributed by atoms with Crippen LogP contribution in [0.1, 0.15) is 20.8 Å². The number of aromatic amines is 1. The number of fused-ring (bicyclic) bond motifs is 1. The van der Waals surface area contributed by atoms with Gasteiger partial charge in [-0.3, -0.25) is 4.79 Å². The molecule has 0 saturated heterocycles. The van der Waals surface area contributed by atoms with E-state index in [2.05, 4.69) is 10.3 Å². The lowest BCUT2D eigenvalue weighted by molar-refractivity contribution is -0.123. The average molecular weight is 216 g/mol. The number of carbonyl (C=O) groups excluding carboxylic acids is 1. The van der Waals surface area contributed by atoms with Gasteiger partial charge >= 0.3 is 0 Å². The van der Waals surface area contributed by atoms with Crippen LogP contribution in [-0.4, -0.2) is 10.9 Å². The summed E-state index contributed by atoms with van der Waals surface area (Å²) in [5.74, 6) is 0.0289. The predicted molar refractivity (Wildman–Crippen MR) is 66.4 cm³/mol. The first-order chi connectivity index (χ1) is 7.48. The molecule has 2 N–H and O–H groups in total. The molecule has 3 nitrogen and oxygen atoms in total. The molecule has 0 atom stereocenters. The van der Waals surface area contributed by atoms with Crippen LogP contribution in [0.4, 0.5) is 5.69 Å². The van der Waals surface area contributed by atoms with Gasteiger partial charge in [-0.1, -0.05) is 26.8 Å². The number of amides is 1. The largest absolute Gasteiger partial charge is 0.361 e. The molecule has 1 aromatic carbocycles. The van der Waals surface area contributed by atoms with Gasteiger partial charge in [-0.25, -0.2) is 0 Å². The van der Waals surface area contributed by atoms with Crippen molar-refractivity contribution in [1.29, 1.82) is 0 Å². The van der Waals surface area contributed by atoms with Gasteiger partial charge in [-0.2, -0.15) is 0 Å². The molecule has 16 heavy (non-hydrogen) atoms. The van der Waals surface area contributed by atoms with Gasteiger partial charge < -0.3 is 10.3 Å². The Labute approximate surface area is 94.9 Å². The van der Waals surface area contributed by atoms with Crippen LogP contribution in [0, 0.1) is 5.41 Å². The van der Waals surface area contributed by atoms with E-state index in [-0.39, 0.29) is 11.3 Å². The van der Waals surface area contributed by atoms with Crippen LogP contribution < -0.4 is 5.32 Å². The Bertz CT molecular complexity index is 520. The maximum Gasteiger partial charge on any atom is 0.229 e. The molecular weight excluding hydrogens is 200 g/mol. The van der Waals surface area contributed by atoms with Gasteiger partial charge in [0.2, 0.25) is 5.91 Å². The van der Waals surface area contributed by atoms with Gasteiger partial charge in [0.15, 0.2) is 0 Å². The molecule has 84 valence electrons. The minimum absolute atomic E-state index is 0.0289. The number of benzene rings is 1. The van der Waals surface area contributed by atoms with E-state index in [1.807, 2.05) is 51.2 Å². The van der Waals surface area contributed by atoms with Crippen LogP contribution in [-0.2, 0) is 4.79 Å². The lowest BCUT2D eigenvalue weighted by Crippen LogP contribution is -2.27. The summed E-state index contributed by atoms with van der Waals surface area (Å²) in [5.41, 5.74) is 1.52. The molecule has 0 radical (unpaired) electrons. The van der Waals surface area contributed by atoms with E-state index in [0.29, 0.717) is 0 Å². The average Bonchev–Trinajstić information content (AvgIpc) is 2.65. The van der Waals surface area contributed by atoms with Crippen LogP contribution in [0.2, 0.25) is 0 Å². The summed E-state index contributed by atoms with van der Waals surface area (Å²) in [7, 11) is 0. The zero-order valence-corrected chi connectivity index (χ0v) is 9.79. The Morgan fingerprint density at radius 1 is 1.25 bits per heavy atom. The highest BCUT2D eigenvalue weighted by atomic mass is 16.2. The molecule has 2 rings (SSSR count). The Hall–Kier alpha value is -1.77. The molecule has 0 unspecified atom stereocenters. The summed E-state index contributed by atoms with van der Waals surface area (Å²) in [6, 6.07) is 7.80. The molecule has 0 spiro atoms. The molecule has 0 aliphatic heterocycles. The number of H-pyrrole nitrogens is 1. The van der Waals surface area contributed by atoms with E-state index in [9.17, 15) is 4.79 Å². The van der Waals surface area contributed by atoms with E-state index in [1.165, 1.54) is 0 Å². The standard InChI is InChI=1S/C13H16N2O/c1-13(2,3)12(16)15-11-6-4-5-10-9(11)7-8-14-10/h4-8,14H,1-3H3,(H,15,16). The number of anilines is 1. The van der Waals surface area contributed by atoms with Crippen molar-refractivity contribution in [1.82, 2.24) is 4.98 Å². The minimum Gasteiger partial charge on any atom is -0.361 e. The molecule has 0 saturated carbocycles. The Kier molecular flexibility index (Phi) is 2.46. The van der Waals surface area contributed by atoms with Crippen LogP contribution in [0.25, 0.3) is 10.9 Å². The van der Waals surface area contributed by atoms with Crippen molar-refractivity contribution in [2.75, 3.05) is 5.32 Å². The number of aromatic nitrogens is 1. The third-order valence-electron chi connectivity index (χ3n) is 2.52. The van der Waals surface area contributed by atoms with E-state index in [0.717, 1.165) is 16.6 Å². The fraction of sp³-hybridized carbons (Fsp3) is 0.308. The second kappa shape index (κ2) is 3.67. The maximum atomic E-state index is 11.9. The normalized spacial score (nSPS) is 11.7. The van der Waals surface area contributed by atoms with Crippen molar-refractivity contribution in [2.45, 2.75) is 20.8 Å². The lowest BCUT2D eigenvalue weighted by atomic mass is 9.95. The van der Waals surface area contributed by atoms with Gasteiger partial charge in [0, 0.05) is 22.5 Å². The summed E-state index contributed by atoms with van der Waals surface area (Å²) >= 11 is 0. The second-order valence-corrected chi connectivity index (χ2v) is 4.95. The monoisotopic (exact) mass is 216 g/mol. The van der Waals surface area contributed by atoms with Crippen LogP contribution in [0.5, 0.6) is 0 Å². The summed E-state index contributed by atoms with van der Waals surface area (Å²) in [6.07, 6.45) is 1.87. The Morgan fingerprint density at radius 3 is 2.69 bits per heavy atom. The highest BCUT2D eigenvalue weighted by molar-refractivity contribution is 6.02. The molecule has 3 heteroatoms. The number of nitrogens with one attached hydrogen (secondary N) is 2. The zero-order chi connectivity index (χ0) is 11.8. The lowest BCUT2D eigenvalue weighted by Gasteiger charge is -2.18. The Morgan fingerprint density at radius 2 is 2.00 bits per heavy atom. The van der Waals surface area contributed by atoms with E-state index in [1.54, 1.807) is 0 Å². The molecule has 0 bridgehead atoms. The molecule has 2 aromatic rings. The third kappa shape index (κ3) is 1.94. The van der Waals surface area contributed by atoms with Crippen LogP contribution in [0.15, 0.2) is 30.5 Å². The fourth-order valence-electron chi connectivity index (χ4n) is 1.50. The molecule has 0 aliphatic carbocycles. The number of hydrogen-bond donors (Lipinski definition) is 2. The molecule has 1 heterocycles. The summed E-state index contributed by atoms with van der Waals surface area (Å²) in [6.45, 7) is 5.71. The number of hydrogen-bond acceptors (Lipinski definition) is 1. The smallest absolute Gasteiger partial charge is 0.229 e. The molecule has 1 amide bonds. The summed E-state index contributed by atoms with van der Waals surface area (Å²) < 4.78 is 0. The van der Waals surface area contributed by atoms with Gasteiger partial charge in [0.05, 0.1) is 5.69 Å². The zero-order valence-electron chi connectivity index (χ0n) is 9.79. The minimum atomic E-state index is -0.377. The molecular formula is C13H16N2O. The summed E-state index contributed by atoms with van der Waals surface area (Å²) in [4.78, 5) is 15.0. The quantitative estimate of drug-likeness (QED) is 0.755. The van der Waals surface area contributed by atoms with Gasteiger partial charge in [-0.15, -0.1) is 0 Å². The van der Waals surface area contributed by atoms with Crippen molar-refractivity contribution in [3.05, 3.63) is 30.5 Å². The van der Waals surface area contributed by atoms with E-state index >= 15 is 0 Å². The Balaban J connectivity index is 2.35. The van der Waals surface area contributed by atoms with Crippen molar-refractivity contribution in [3.8, 4) is 0 Å². The van der Waals surface area contributed by atoms with E-state index < -0.39 is 0 Å². The number of carbonyl (C=O) groups is 1. The topological polar surface area (TPSA) is 44.9 Å². The van der Waals surface area contributed by atoms with E-state index in [4.69, 9.17) is 0 Å². The fourth-order valence-corrected chi connectivity index (χ4v) is 1.50.